The van der Waals surface area contributed by atoms with Gasteiger partial charge in [-0.2, -0.15) is 0 Å². The van der Waals surface area contributed by atoms with E-state index in [-0.39, 0.29) is 11.9 Å². The van der Waals surface area contributed by atoms with E-state index in [9.17, 15) is 4.79 Å². The number of hydrogen-bond donors (Lipinski definition) is 1. The normalized spacial score (nSPS) is 19.1. The van der Waals surface area contributed by atoms with Crippen LogP contribution in [-0.4, -0.2) is 37.3 Å². The maximum Gasteiger partial charge on any atom is 0.266 e. The third-order valence-corrected chi connectivity index (χ3v) is 7.40. The summed E-state index contributed by atoms with van der Waals surface area (Å²) < 4.78 is 1.13. The first-order valence-corrected chi connectivity index (χ1v) is 11.1. The highest BCUT2D eigenvalue weighted by Crippen LogP contribution is 2.44. The zero-order chi connectivity index (χ0) is 18.7. The molecule has 0 saturated heterocycles. The topological polar surface area (TPSA) is 74.8 Å². The van der Waals surface area contributed by atoms with Gasteiger partial charge in [0.25, 0.3) is 5.91 Å². The number of imidazole rings is 1. The Hall–Kier alpha value is -2.58. The summed E-state index contributed by atoms with van der Waals surface area (Å²) in [5.41, 5.74) is 5.76. The molecule has 1 atom stereocenters. The molecule has 0 unspecified atom stereocenters. The van der Waals surface area contributed by atoms with Gasteiger partial charge in [0.1, 0.15) is 15.9 Å². The van der Waals surface area contributed by atoms with Gasteiger partial charge in [-0.25, -0.2) is 15.0 Å². The summed E-state index contributed by atoms with van der Waals surface area (Å²) in [6.45, 7) is 0.649. The molecule has 4 aromatic rings. The fourth-order valence-corrected chi connectivity index (χ4v) is 5.86. The number of amides is 1. The number of nitrogens with one attached hydrogen (secondary N) is 1. The van der Waals surface area contributed by atoms with E-state index < -0.39 is 0 Å². The van der Waals surface area contributed by atoms with Crippen molar-refractivity contribution >= 4 is 38.8 Å². The van der Waals surface area contributed by atoms with E-state index in [1.807, 2.05) is 23.1 Å². The van der Waals surface area contributed by atoms with Crippen molar-refractivity contribution in [3.05, 3.63) is 63.1 Å². The van der Waals surface area contributed by atoms with Crippen LogP contribution in [0, 0.1) is 0 Å². The lowest BCUT2D eigenvalue weighted by Crippen LogP contribution is -2.40. The number of carbonyl (C=O) groups excluding carboxylic acids is 1. The summed E-state index contributed by atoms with van der Waals surface area (Å²) in [6, 6.07) is 7.85. The molecule has 0 radical (unpaired) electrons. The third-order valence-electron chi connectivity index (χ3n) is 5.48. The highest BCUT2D eigenvalue weighted by atomic mass is 32.1. The van der Waals surface area contributed by atoms with Crippen LogP contribution in [0.15, 0.2) is 36.1 Å². The molecule has 1 aliphatic heterocycles. The van der Waals surface area contributed by atoms with Gasteiger partial charge >= 0.3 is 0 Å². The standard InChI is InChI=1S/C20H17N5OS2/c26-20(18-15(11-5-6-11)23-10-27-18)25-8-7-13-16(22-9-21-13)17(25)19-24-12-3-1-2-4-14(12)28-19/h1-4,9-11,17H,5-8H2,(H,21,22)/t17-/m0/s1. The van der Waals surface area contributed by atoms with Crippen molar-refractivity contribution in [2.24, 2.45) is 0 Å². The van der Waals surface area contributed by atoms with Crippen molar-refractivity contribution < 1.29 is 4.79 Å². The van der Waals surface area contributed by atoms with Gasteiger partial charge in [0.15, 0.2) is 0 Å². The molecule has 1 aromatic carbocycles. The molecule has 0 bridgehead atoms. The van der Waals surface area contributed by atoms with Crippen molar-refractivity contribution in [2.75, 3.05) is 6.54 Å². The quantitative estimate of drug-likeness (QED) is 0.554. The second kappa shape index (κ2) is 6.22. The Balaban J connectivity index is 1.46. The second-order valence-corrected chi connectivity index (χ2v) is 9.20. The minimum Gasteiger partial charge on any atom is -0.348 e. The molecular weight excluding hydrogens is 390 g/mol. The number of H-pyrrole nitrogens is 1. The summed E-state index contributed by atoms with van der Waals surface area (Å²) in [4.78, 5) is 33.5. The van der Waals surface area contributed by atoms with Crippen molar-refractivity contribution in [3.63, 3.8) is 0 Å². The molecule has 4 heterocycles. The number of carbonyl (C=O) groups is 1. The molecule has 140 valence electrons. The lowest BCUT2D eigenvalue weighted by molar-refractivity contribution is 0.0694. The average Bonchev–Trinajstić information content (AvgIpc) is 3.14. The summed E-state index contributed by atoms with van der Waals surface area (Å²) >= 11 is 3.10. The van der Waals surface area contributed by atoms with Gasteiger partial charge in [-0.1, -0.05) is 12.1 Å². The SMILES string of the molecule is O=C(c1scnc1C1CC1)N1CCc2[nH]cnc2[C@H]1c1nc2ccccc2s1. The summed E-state index contributed by atoms with van der Waals surface area (Å²) in [5, 5.41) is 0.917. The van der Waals surface area contributed by atoms with E-state index in [0.717, 1.165) is 56.4 Å². The number of nitrogens with zero attached hydrogens (tertiary/aromatic N) is 4. The van der Waals surface area contributed by atoms with Crippen LogP contribution in [0.2, 0.25) is 0 Å². The van der Waals surface area contributed by atoms with E-state index >= 15 is 0 Å². The Labute approximate surface area is 169 Å². The van der Waals surface area contributed by atoms with Gasteiger partial charge in [0.05, 0.1) is 33.4 Å². The van der Waals surface area contributed by atoms with E-state index in [2.05, 4.69) is 21.0 Å². The molecule has 2 aliphatic rings. The number of aromatic amines is 1. The van der Waals surface area contributed by atoms with Gasteiger partial charge in [-0.05, 0) is 25.0 Å². The van der Waals surface area contributed by atoms with Crippen molar-refractivity contribution in [1.29, 1.82) is 0 Å². The van der Waals surface area contributed by atoms with Gasteiger partial charge in [-0.3, -0.25) is 4.79 Å². The van der Waals surface area contributed by atoms with E-state index in [4.69, 9.17) is 4.98 Å². The van der Waals surface area contributed by atoms with E-state index in [1.165, 1.54) is 11.3 Å². The minimum absolute atomic E-state index is 0.0577. The number of para-hydroxylation sites is 1. The van der Waals surface area contributed by atoms with Crippen LogP contribution >= 0.6 is 22.7 Å². The molecule has 1 amide bonds. The smallest absolute Gasteiger partial charge is 0.266 e. The first-order valence-electron chi connectivity index (χ1n) is 9.41. The molecule has 1 fully saturated rings. The molecule has 6 rings (SSSR count). The van der Waals surface area contributed by atoms with Crippen molar-refractivity contribution in [3.8, 4) is 0 Å². The van der Waals surface area contributed by atoms with Gasteiger partial charge < -0.3 is 9.88 Å². The molecule has 0 spiro atoms. The summed E-state index contributed by atoms with van der Waals surface area (Å²) in [7, 11) is 0. The van der Waals surface area contributed by atoms with Gasteiger partial charge in [0.2, 0.25) is 0 Å². The molecule has 8 heteroatoms. The van der Waals surface area contributed by atoms with E-state index in [0.29, 0.717) is 12.5 Å². The molecule has 3 aromatic heterocycles. The Bertz CT molecular complexity index is 1160. The van der Waals surface area contributed by atoms with Crippen LogP contribution in [-0.2, 0) is 6.42 Å². The first kappa shape index (κ1) is 16.4. The van der Waals surface area contributed by atoms with Gasteiger partial charge in [-0.15, -0.1) is 22.7 Å². The highest BCUT2D eigenvalue weighted by molar-refractivity contribution is 7.18. The van der Waals surface area contributed by atoms with Crippen molar-refractivity contribution in [1.82, 2.24) is 24.8 Å². The lowest BCUT2D eigenvalue weighted by Gasteiger charge is -2.33. The van der Waals surface area contributed by atoms with Crippen LogP contribution in [0.4, 0.5) is 0 Å². The fourth-order valence-electron chi connectivity index (χ4n) is 3.95. The maximum absolute atomic E-state index is 13.6. The van der Waals surface area contributed by atoms with Gasteiger partial charge in [0, 0.05) is 24.6 Å². The number of thiazole rings is 2. The first-order chi connectivity index (χ1) is 13.8. The molecular formula is C20H17N5OS2. The number of aromatic nitrogens is 4. The highest BCUT2D eigenvalue weighted by Gasteiger charge is 2.39. The van der Waals surface area contributed by atoms with Crippen molar-refractivity contribution in [2.45, 2.75) is 31.2 Å². The van der Waals surface area contributed by atoms with E-state index in [1.54, 1.807) is 23.2 Å². The average molecular weight is 408 g/mol. The van der Waals surface area contributed by atoms with Crippen LogP contribution in [0.1, 0.15) is 56.6 Å². The summed E-state index contributed by atoms with van der Waals surface area (Å²) in [5.74, 6) is 0.513. The number of fused-ring (bicyclic) bond motifs is 2. The number of rotatable bonds is 3. The predicted octanol–water partition coefficient (Wildman–Crippen LogP) is 4.14. The fraction of sp³-hybridized carbons (Fsp3) is 0.300. The Morgan fingerprint density at radius 2 is 2.07 bits per heavy atom. The molecule has 1 saturated carbocycles. The lowest BCUT2D eigenvalue weighted by atomic mass is 10.0. The number of benzene rings is 1. The van der Waals surface area contributed by atoms with Crippen LogP contribution < -0.4 is 0 Å². The molecule has 1 aliphatic carbocycles. The monoisotopic (exact) mass is 407 g/mol. The minimum atomic E-state index is -0.256. The zero-order valence-electron chi connectivity index (χ0n) is 15.0. The third kappa shape index (κ3) is 2.51. The van der Waals surface area contributed by atoms with Crippen LogP contribution in [0.3, 0.4) is 0 Å². The second-order valence-electron chi connectivity index (χ2n) is 7.28. The van der Waals surface area contributed by atoms with Crippen LogP contribution in [0.5, 0.6) is 0 Å². The zero-order valence-corrected chi connectivity index (χ0v) is 16.6. The molecule has 28 heavy (non-hydrogen) atoms. The predicted molar refractivity (Wildman–Crippen MR) is 109 cm³/mol. The Morgan fingerprint density at radius 1 is 1.18 bits per heavy atom. The van der Waals surface area contributed by atoms with Crippen LogP contribution in [0.25, 0.3) is 10.2 Å². The molecule has 1 N–H and O–H groups in total. The molecule has 6 nitrogen and oxygen atoms in total. The number of hydrogen-bond acceptors (Lipinski definition) is 6. The summed E-state index contributed by atoms with van der Waals surface area (Å²) in [6.07, 6.45) is 4.77. The largest absolute Gasteiger partial charge is 0.348 e. The Morgan fingerprint density at radius 3 is 2.93 bits per heavy atom. The Kier molecular flexibility index (Phi) is 3.64. The maximum atomic E-state index is 13.6.